The molecule has 2 aromatic heterocycles. The molecule has 108 valence electrons. The summed E-state index contributed by atoms with van der Waals surface area (Å²) in [6, 6.07) is 10.0. The van der Waals surface area contributed by atoms with Crippen molar-refractivity contribution < 1.29 is 17.9 Å². The van der Waals surface area contributed by atoms with Gasteiger partial charge in [0.2, 0.25) is 5.88 Å². The van der Waals surface area contributed by atoms with Crippen LogP contribution < -0.4 is 4.74 Å². The van der Waals surface area contributed by atoms with Crippen LogP contribution in [0, 0.1) is 0 Å². The van der Waals surface area contributed by atoms with Gasteiger partial charge in [-0.05, 0) is 18.2 Å². The molecule has 1 aromatic carbocycles. The molecule has 0 unspecified atom stereocenters. The summed E-state index contributed by atoms with van der Waals surface area (Å²) in [5.74, 6) is 0.670. The molecule has 0 aliphatic rings. The second-order valence-electron chi connectivity index (χ2n) is 4.35. The Bertz CT molecular complexity index is 796. The zero-order chi connectivity index (χ0) is 15.0. The van der Waals surface area contributed by atoms with E-state index in [1.807, 2.05) is 0 Å². The van der Waals surface area contributed by atoms with Crippen molar-refractivity contribution in [2.45, 2.75) is 6.18 Å². The van der Waals surface area contributed by atoms with E-state index in [0.717, 1.165) is 12.1 Å². The highest BCUT2D eigenvalue weighted by Crippen LogP contribution is 2.31. The molecule has 0 spiro atoms. The van der Waals surface area contributed by atoms with Crippen LogP contribution in [0.4, 0.5) is 13.2 Å². The third kappa shape index (κ3) is 2.42. The second-order valence-corrected chi connectivity index (χ2v) is 4.35. The number of ether oxygens (including phenoxy) is 1. The quantitative estimate of drug-likeness (QED) is 0.726. The van der Waals surface area contributed by atoms with E-state index in [9.17, 15) is 13.2 Å². The predicted octanol–water partition coefficient (Wildman–Crippen LogP) is 3.42. The summed E-state index contributed by atoms with van der Waals surface area (Å²) in [5.41, 5.74) is 0.0724. The zero-order valence-electron chi connectivity index (χ0n) is 10.9. The standard InChI is InChI=1S/C14H10F3N3O/c1-21-12-7-3-6-11-18-13(19-20(11)12)9-4-2-5-10(8-9)14(15,16)17/h2-8H,1H3. The summed E-state index contributed by atoms with van der Waals surface area (Å²) in [5, 5.41) is 4.19. The highest BCUT2D eigenvalue weighted by atomic mass is 19.4. The Labute approximate surface area is 117 Å². The molecule has 0 aliphatic carbocycles. The summed E-state index contributed by atoms with van der Waals surface area (Å²) in [6.45, 7) is 0. The first-order valence-corrected chi connectivity index (χ1v) is 6.06. The van der Waals surface area contributed by atoms with Gasteiger partial charge in [0.05, 0.1) is 12.7 Å². The monoisotopic (exact) mass is 293 g/mol. The van der Waals surface area contributed by atoms with Crippen molar-refractivity contribution in [2.75, 3.05) is 7.11 Å². The number of hydrogen-bond donors (Lipinski definition) is 0. The molecule has 0 N–H and O–H groups in total. The molecule has 0 amide bonds. The summed E-state index contributed by atoms with van der Waals surface area (Å²) in [7, 11) is 1.49. The Balaban J connectivity index is 2.13. The fourth-order valence-corrected chi connectivity index (χ4v) is 1.99. The van der Waals surface area contributed by atoms with E-state index in [0.29, 0.717) is 17.1 Å². The highest BCUT2D eigenvalue weighted by Gasteiger charge is 2.30. The lowest BCUT2D eigenvalue weighted by Crippen LogP contribution is -2.04. The number of fused-ring (bicyclic) bond motifs is 1. The van der Waals surface area contributed by atoms with Gasteiger partial charge in [0.1, 0.15) is 0 Å². The van der Waals surface area contributed by atoms with Crippen molar-refractivity contribution >= 4 is 5.65 Å². The Morgan fingerprint density at radius 3 is 2.57 bits per heavy atom. The molecule has 3 rings (SSSR count). The first kappa shape index (κ1) is 13.4. The Hall–Kier alpha value is -2.57. The van der Waals surface area contributed by atoms with Crippen LogP contribution in [-0.2, 0) is 6.18 Å². The van der Waals surface area contributed by atoms with Crippen molar-refractivity contribution in [1.29, 1.82) is 0 Å². The predicted molar refractivity (Wildman–Crippen MR) is 70.0 cm³/mol. The fourth-order valence-electron chi connectivity index (χ4n) is 1.99. The molecule has 0 aliphatic heterocycles. The van der Waals surface area contributed by atoms with Gasteiger partial charge < -0.3 is 4.74 Å². The van der Waals surface area contributed by atoms with E-state index in [2.05, 4.69) is 10.1 Å². The lowest BCUT2D eigenvalue weighted by molar-refractivity contribution is -0.137. The molecule has 21 heavy (non-hydrogen) atoms. The average Bonchev–Trinajstić information content (AvgIpc) is 2.90. The number of methoxy groups -OCH3 is 1. The van der Waals surface area contributed by atoms with Gasteiger partial charge in [-0.15, -0.1) is 5.10 Å². The molecule has 0 fully saturated rings. The maximum Gasteiger partial charge on any atom is 0.416 e. The molecular weight excluding hydrogens is 283 g/mol. The lowest BCUT2D eigenvalue weighted by atomic mass is 10.1. The molecule has 0 bridgehead atoms. The smallest absolute Gasteiger partial charge is 0.416 e. The van der Waals surface area contributed by atoms with E-state index in [-0.39, 0.29) is 5.82 Å². The summed E-state index contributed by atoms with van der Waals surface area (Å²) in [6.07, 6.45) is -4.40. The number of aromatic nitrogens is 3. The first-order valence-electron chi connectivity index (χ1n) is 6.06. The Morgan fingerprint density at radius 1 is 1.10 bits per heavy atom. The number of hydrogen-bond acceptors (Lipinski definition) is 3. The SMILES string of the molecule is COc1cccc2nc(-c3cccc(C(F)(F)F)c3)nn12. The van der Waals surface area contributed by atoms with Crippen molar-refractivity contribution in [2.24, 2.45) is 0 Å². The fraction of sp³-hybridized carbons (Fsp3) is 0.143. The van der Waals surface area contributed by atoms with Gasteiger partial charge >= 0.3 is 6.18 Å². The van der Waals surface area contributed by atoms with Gasteiger partial charge in [0.25, 0.3) is 0 Å². The minimum atomic E-state index is -4.40. The highest BCUT2D eigenvalue weighted by molar-refractivity contribution is 5.59. The largest absolute Gasteiger partial charge is 0.481 e. The summed E-state index contributed by atoms with van der Waals surface area (Å²) >= 11 is 0. The van der Waals surface area contributed by atoms with Crippen molar-refractivity contribution in [3.8, 4) is 17.3 Å². The minimum Gasteiger partial charge on any atom is -0.481 e. The van der Waals surface area contributed by atoms with Gasteiger partial charge in [-0.25, -0.2) is 4.98 Å². The molecule has 0 saturated heterocycles. The topological polar surface area (TPSA) is 39.4 Å². The van der Waals surface area contributed by atoms with Crippen molar-refractivity contribution in [1.82, 2.24) is 14.6 Å². The van der Waals surface area contributed by atoms with Gasteiger partial charge in [-0.1, -0.05) is 18.2 Å². The summed E-state index contributed by atoms with van der Waals surface area (Å²) < 4.78 is 44.8. The minimum absolute atomic E-state index is 0.214. The molecule has 0 radical (unpaired) electrons. The third-order valence-corrected chi connectivity index (χ3v) is 2.98. The molecule has 4 nitrogen and oxygen atoms in total. The lowest BCUT2D eigenvalue weighted by Gasteiger charge is -2.06. The van der Waals surface area contributed by atoms with Crippen LogP contribution in [0.25, 0.3) is 17.0 Å². The third-order valence-electron chi connectivity index (χ3n) is 2.98. The Morgan fingerprint density at radius 2 is 1.86 bits per heavy atom. The van der Waals surface area contributed by atoms with Crippen LogP contribution in [0.5, 0.6) is 5.88 Å². The van der Waals surface area contributed by atoms with Gasteiger partial charge in [-0.2, -0.15) is 17.7 Å². The summed E-state index contributed by atoms with van der Waals surface area (Å²) in [4.78, 5) is 4.22. The van der Waals surface area contributed by atoms with E-state index < -0.39 is 11.7 Å². The van der Waals surface area contributed by atoms with Gasteiger partial charge in [0, 0.05) is 11.6 Å². The zero-order valence-corrected chi connectivity index (χ0v) is 10.9. The average molecular weight is 293 g/mol. The number of pyridine rings is 1. The second kappa shape index (κ2) is 4.76. The van der Waals surface area contributed by atoms with E-state index in [1.165, 1.54) is 23.8 Å². The molecule has 7 heteroatoms. The van der Waals surface area contributed by atoms with Crippen LogP contribution in [0.15, 0.2) is 42.5 Å². The maximum absolute atomic E-state index is 12.7. The molecule has 0 saturated carbocycles. The van der Waals surface area contributed by atoms with Crippen LogP contribution >= 0.6 is 0 Å². The van der Waals surface area contributed by atoms with Crippen molar-refractivity contribution in [3.63, 3.8) is 0 Å². The Kier molecular flexibility index (Phi) is 3.04. The van der Waals surface area contributed by atoms with Crippen LogP contribution in [0.1, 0.15) is 5.56 Å². The number of halogens is 3. The number of benzene rings is 1. The van der Waals surface area contributed by atoms with E-state index >= 15 is 0 Å². The molecule has 2 heterocycles. The van der Waals surface area contributed by atoms with Crippen LogP contribution in [0.2, 0.25) is 0 Å². The van der Waals surface area contributed by atoms with Gasteiger partial charge in [-0.3, -0.25) is 0 Å². The molecular formula is C14H10F3N3O. The van der Waals surface area contributed by atoms with Crippen molar-refractivity contribution in [3.05, 3.63) is 48.0 Å². The van der Waals surface area contributed by atoms with Crippen LogP contribution in [0.3, 0.4) is 0 Å². The molecule has 3 aromatic rings. The number of rotatable bonds is 2. The number of alkyl halides is 3. The molecule has 0 atom stereocenters. The maximum atomic E-state index is 12.7. The number of nitrogens with zero attached hydrogens (tertiary/aromatic N) is 3. The van der Waals surface area contributed by atoms with E-state index in [4.69, 9.17) is 4.74 Å². The van der Waals surface area contributed by atoms with Crippen LogP contribution in [-0.4, -0.2) is 21.7 Å². The normalized spacial score (nSPS) is 11.8. The van der Waals surface area contributed by atoms with Gasteiger partial charge in [0.15, 0.2) is 11.5 Å². The van der Waals surface area contributed by atoms with E-state index in [1.54, 1.807) is 18.2 Å². The first-order chi connectivity index (χ1) is 9.99.